The maximum Gasteiger partial charge on any atom is 0.379 e. The van der Waals surface area contributed by atoms with Gasteiger partial charge in [-0.3, -0.25) is 0 Å². The third-order valence-corrected chi connectivity index (χ3v) is 5.71. The highest BCUT2D eigenvalue weighted by molar-refractivity contribution is 8.14. The van der Waals surface area contributed by atoms with E-state index in [4.69, 9.17) is 27.9 Å². The van der Waals surface area contributed by atoms with Gasteiger partial charge in [0.25, 0.3) is 0 Å². The van der Waals surface area contributed by atoms with Crippen LogP contribution in [0.15, 0.2) is 27.4 Å². The molecule has 1 aromatic carbocycles. The molecule has 0 fully saturated rings. The van der Waals surface area contributed by atoms with Gasteiger partial charge in [0.2, 0.25) is 0 Å². The number of thioether (sulfide) groups is 2. The first-order chi connectivity index (χ1) is 9.49. The fourth-order valence-corrected chi connectivity index (χ4v) is 4.15. The van der Waals surface area contributed by atoms with Crippen LogP contribution in [0.2, 0.25) is 9.49 Å². The van der Waals surface area contributed by atoms with Crippen LogP contribution in [0.5, 0.6) is 5.75 Å². The fourth-order valence-electron chi connectivity index (χ4n) is 1.41. The van der Waals surface area contributed by atoms with Gasteiger partial charge in [-0.15, -0.1) is 11.8 Å². The molecule has 106 valence electrons. The van der Waals surface area contributed by atoms with E-state index in [9.17, 15) is 4.79 Å². The minimum atomic E-state index is -0.469. The second-order valence-electron chi connectivity index (χ2n) is 3.63. The number of nitrogens with zero attached hydrogens (tertiary/aromatic N) is 1. The van der Waals surface area contributed by atoms with Crippen molar-refractivity contribution in [1.29, 1.82) is 0 Å². The van der Waals surface area contributed by atoms with Gasteiger partial charge in [-0.25, -0.2) is 9.78 Å². The minimum Gasteiger partial charge on any atom is -0.418 e. The SMILES string of the molecule is CSc1ccc(OC(=O)Sc2nc(Cl)c(Cl)s2)cc1C. The van der Waals surface area contributed by atoms with Crippen molar-refractivity contribution in [2.75, 3.05) is 6.26 Å². The van der Waals surface area contributed by atoms with E-state index in [0.717, 1.165) is 33.6 Å². The number of aryl methyl sites for hydroxylation is 1. The average Bonchev–Trinajstić information content (AvgIpc) is 2.68. The molecule has 0 atom stereocenters. The van der Waals surface area contributed by atoms with Crippen molar-refractivity contribution in [1.82, 2.24) is 4.98 Å². The van der Waals surface area contributed by atoms with Gasteiger partial charge in [-0.1, -0.05) is 34.5 Å². The van der Waals surface area contributed by atoms with E-state index in [0.29, 0.717) is 14.4 Å². The summed E-state index contributed by atoms with van der Waals surface area (Å²) >= 11 is 15.2. The highest BCUT2D eigenvalue weighted by Crippen LogP contribution is 2.35. The van der Waals surface area contributed by atoms with Gasteiger partial charge in [0.05, 0.1) is 0 Å². The van der Waals surface area contributed by atoms with Crippen LogP contribution in [0.25, 0.3) is 0 Å². The molecule has 0 aliphatic heterocycles. The molecular weight excluding hydrogens is 357 g/mol. The van der Waals surface area contributed by atoms with Crippen molar-refractivity contribution in [3.8, 4) is 5.75 Å². The second kappa shape index (κ2) is 7.04. The van der Waals surface area contributed by atoms with Crippen molar-refractivity contribution >= 4 is 63.4 Å². The molecule has 0 radical (unpaired) electrons. The number of carbonyl (C=O) groups excluding carboxylic acids is 1. The van der Waals surface area contributed by atoms with Gasteiger partial charge in [-0.05, 0) is 36.9 Å². The lowest BCUT2D eigenvalue weighted by Crippen LogP contribution is -2.00. The predicted molar refractivity (Wildman–Crippen MR) is 87.0 cm³/mol. The lowest BCUT2D eigenvalue weighted by Gasteiger charge is -2.06. The topological polar surface area (TPSA) is 39.2 Å². The molecule has 0 unspecified atom stereocenters. The maximum absolute atomic E-state index is 11.8. The third-order valence-electron chi connectivity index (χ3n) is 2.27. The molecule has 0 aliphatic carbocycles. The Kier molecular flexibility index (Phi) is 5.63. The van der Waals surface area contributed by atoms with E-state index in [1.54, 1.807) is 17.8 Å². The van der Waals surface area contributed by atoms with Crippen LogP contribution < -0.4 is 4.74 Å². The van der Waals surface area contributed by atoms with Crippen LogP contribution in [0.1, 0.15) is 5.56 Å². The Morgan fingerprint density at radius 1 is 1.40 bits per heavy atom. The Balaban J connectivity index is 2.02. The second-order valence-corrected chi connectivity index (χ2v) is 7.62. The monoisotopic (exact) mass is 365 g/mol. The van der Waals surface area contributed by atoms with Crippen LogP contribution >= 0.6 is 58.1 Å². The van der Waals surface area contributed by atoms with Crippen molar-refractivity contribution in [3.63, 3.8) is 0 Å². The number of hydrogen-bond acceptors (Lipinski definition) is 6. The highest BCUT2D eigenvalue weighted by Gasteiger charge is 2.14. The van der Waals surface area contributed by atoms with E-state index < -0.39 is 5.30 Å². The summed E-state index contributed by atoms with van der Waals surface area (Å²) in [6.07, 6.45) is 2.00. The van der Waals surface area contributed by atoms with Crippen molar-refractivity contribution in [2.45, 2.75) is 16.2 Å². The standard InChI is InChI=1S/C12H9Cl2NO2S3/c1-6-5-7(3-4-8(6)18-2)17-12(16)20-11-15-9(13)10(14)19-11/h3-5H,1-2H3. The molecule has 0 bridgehead atoms. The van der Waals surface area contributed by atoms with Crippen LogP contribution in [0.3, 0.4) is 0 Å². The fraction of sp³-hybridized carbons (Fsp3) is 0.167. The summed E-state index contributed by atoms with van der Waals surface area (Å²) in [6, 6.07) is 5.51. The molecule has 2 aromatic rings. The molecule has 0 saturated heterocycles. The number of carbonyl (C=O) groups is 1. The van der Waals surface area contributed by atoms with Gasteiger partial charge in [0, 0.05) is 16.7 Å². The lowest BCUT2D eigenvalue weighted by molar-refractivity contribution is 0.227. The summed E-state index contributed by atoms with van der Waals surface area (Å²) in [5.74, 6) is 0.506. The molecule has 0 saturated carbocycles. The van der Waals surface area contributed by atoms with E-state index >= 15 is 0 Å². The average molecular weight is 366 g/mol. The Morgan fingerprint density at radius 2 is 2.15 bits per heavy atom. The van der Waals surface area contributed by atoms with Gasteiger partial charge < -0.3 is 4.74 Å². The number of benzene rings is 1. The number of aromatic nitrogens is 1. The maximum atomic E-state index is 11.8. The zero-order chi connectivity index (χ0) is 14.7. The molecule has 1 aromatic heterocycles. The first-order valence-corrected chi connectivity index (χ1v) is 8.97. The lowest BCUT2D eigenvalue weighted by atomic mass is 10.2. The summed E-state index contributed by atoms with van der Waals surface area (Å²) < 4.78 is 6.07. The van der Waals surface area contributed by atoms with Crippen molar-refractivity contribution in [2.24, 2.45) is 0 Å². The third kappa shape index (κ3) is 4.05. The van der Waals surface area contributed by atoms with Crippen LogP contribution in [0, 0.1) is 6.92 Å². The summed E-state index contributed by atoms with van der Waals surface area (Å²) in [6.45, 7) is 1.97. The molecule has 2 rings (SSSR count). The highest BCUT2D eigenvalue weighted by atomic mass is 35.5. The molecule has 0 spiro atoms. The van der Waals surface area contributed by atoms with Gasteiger partial charge >= 0.3 is 5.30 Å². The summed E-state index contributed by atoms with van der Waals surface area (Å²) in [7, 11) is 0. The van der Waals surface area contributed by atoms with Crippen molar-refractivity contribution in [3.05, 3.63) is 33.3 Å². The van der Waals surface area contributed by atoms with Crippen LogP contribution in [0.4, 0.5) is 4.79 Å². The minimum absolute atomic E-state index is 0.201. The molecule has 8 heteroatoms. The molecule has 0 amide bonds. The zero-order valence-electron chi connectivity index (χ0n) is 10.5. The number of thiazole rings is 1. The Labute approximate surface area is 139 Å². The zero-order valence-corrected chi connectivity index (χ0v) is 14.4. The van der Waals surface area contributed by atoms with E-state index in [-0.39, 0.29) is 5.15 Å². The molecule has 0 aliphatic rings. The summed E-state index contributed by atoms with van der Waals surface area (Å²) in [5, 5.41) is -0.268. The number of hydrogen-bond donors (Lipinski definition) is 0. The molecule has 0 N–H and O–H groups in total. The normalized spacial score (nSPS) is 10.6. The summed E-state index contributed by atoms with van der Waals surface area (Å²) in [5.41, 5.74) is 1.06. The van der Waals surface area contributed by atoms with E-state index in [1.165, 1.54) is 0 Å². The van der Waals surface area contributed by atoms with Crippen LogP contribution in [-0.4, -0.2) is 16.5 Å². The van der Waals surface area contributed by atoms with E-state index in [1.807, 2.05) is 25.3 Å². The largest absolute Gasteiger partial charge is 0.418 e. The Hall–Kier alpha value is -0.400. The number of halogens is 2. The number of rotatable bonds is 3. The first kappa shape index (κ1) is 16.0. The Morgan fingerprint density at radius 3 is 2.70 bits per heavy atom. The molecule has 3 nitrogen and oxygen atoms in total. The Bertz CT molecular complexity index is 626. The predicted octanol–water partition coefficient (Wildman–Crippen LogP) is 5.77. The van der Waals surface area contributed by atoms with Crippen molar-refractivity contribution < 1.29 is 9.53 Å². The smallest absolute Gasteiger partial charge is 0.379 e. The van der Waals surface area contributed by atoms with Gasteiger partial charge in [0.1, 0.15) is 10.1 Å². The van der Waals surface area contributed by atoms with Gasteiger partial charge in [0.15, 0.2) is 9.49 Å². The molecule has 20 heavy (non-hydrogen) atoms. The van der Waals surface area contributed by atoms with Gasteiger partial charge in [-0.2, -0.15) is 0 Å². The molecule has 1 heterocycles. The quantitative estimate of drug-likeness (QED) is 0.509. The summed E-state index contributed by atoms with van der Waals surface area (Å²) in [4.78, 5) is 16.9. The van der Waals surface area contributed by atoms with Crippen LogP contribution in [-0.2, 0) is 0 Å². The first-order valence-electron chi connectivity index (χ1n) is 5.35. The number of ether oxygens (including phenoxy) is 1. The van der Waals surface area contributed by atoms with E-state index in [2.05, 4.69) is 4.98 Å². The molecular formula is C12H9Cl2NO2S3.